The van der Waals surface area contributed by atoms with Gasteiger partial charge in [0.05, 0.1) is 0 Å². The maximum Gasteiger partial charge on any atom is 0.246 e. The fraction of sp³-hybridized carbons (Fsp3) is 0.361. The van der Waals surface area contributed by atoms with Crippen LogP contribution in [-0.4, -0.2) is 72.3 Å². The molecule has 0 fully saturated rings. The highest BCUT2D eigenvalue weighted by atomic mass is 16.2. The lowest BCUT2D eigenvalue weighted by Crippen LogP contribution is -2.56. The Kier molecular flexibility index (Phi) is 12.9. The lowest BCUT2D eigenvalue weighted by molar-refractivity contribution is -0.146. The molecular formula is C36H47N5O3. The quantitative estimate of drug-likeness (QED) is 0.181. The lowest BCUT2D eigenvalue weighted by Gasteiger charge is -2.34. The number of carbonyl (C=O) groups is 3. The summed E-state index contributed by atoms with van der Waals surface area (Å²) < 4.78 is 0. The monoisotopic (exact) mass is 597 g/mol. The van der Waals surface area contributed by atoms with E-state index in [1.807, 2.05) is 98.8 Å². The van der Waals surface area contributed by atoms with E-state index in [0.29, 0.717) is 32.4 Å². The predicted molar refractivity (Wildman–Crippen MR) is 178 cm³/mol. The van der Waals surface area contributed by atoms with Crippen molar-refractivity contribution in [1.29, 1.82) is 0 Å². The van der Waals surface area contributed by atoms with E-state index in [-0.39, 0.29) is 24.1 Å². The van der Waals surface area contributed by atoms with Gasteiger partial charge in [-0.15, -0.1) is 0 Å². The van der Waals surface area contributed by atoms with Crippen LogP contribution in [0, 0.1) is 0 Å². The molecule has 5 N–H and O–H groups in total. The van der Waals surface area contributed by atoms with E-state index in [4.69, 9.17) is 11.5 Å². The molecule has 2 atom stereocenters. The topological polar surface area (TPSA) is 122 Å². The van der Waals surface area contributed by atoms with Crippen LogP contribution in [0.25, 0.3) is 11.1 Å². The van der Waals surface area contributed by atoms with Crippen molar-refractivity contribution in [3.05, 3.63) is 108 Å². The van der Waals surface area contributed by atoms with Gasteiger partial charge in [0.1, 0.15) is 12.1 Å². The number of rotatable bonds is 15. The Balaban J connectivity index is 1.91. The summed E-state index contributed by atoms with van der Waals surface area (Å²) >= 11 is 0. The van der Waals surface area contributed by atoms with Crippen molar-refractivity contribution in [2.75, 3.05) is 27.2 Å². The van der Waals surface area contributed by atoms with Crippen molar-refractivity contribution in [3.63, 3.8) is 0 Å². The van der Waals surface area contributed by atoms with Gasteiger partial charge in [-0.25, -0.2) is 0 Å². The van der Waals surface area contributed by atoms with Crippen molar-refractivity contribution in [3.8, 4) is 11.1 Å². The molecule has 0 radical (unpaired) electrons. The number of carbonyl (C=O) groups excluding carboxylic acids is 3. The van der Waals surface area contributed by atoms with Gasteiger partial charge in [0.25, 0.3) is 0 Å². The smallest absolute Gasteiger partial charge is 0.246 e. The standard InChI is InChI=1S/C36H47N5O3/c1-36(2,38)22-11-17-33(42)40(3)32(26-28-18-20-30(21-19-28)29-15-9-6-10-16-29)35(44)41(4)31(34(43)39-24-12-23-37)25-27-13-7-5-8-14-27/h5-11,13-21,31-32H,12,22-26,37-38H2,1-4H3,(H,39,43)/b17-11+/t31-,32-/m0/s1. The van der Waals surface area contributed by atoms with Gasteiger partial charge in [-0.2, -0.15) is 0 Å². The van der Waals surface area contributed by atoms with Gasteiger partial charge in [-0.3, -0.25) is 14.4 Å². The van der Waals surface area contributed by atoms with Crippen LogP contribution >= 0.6 is 0 Å². The van der Waals surface area contributed by atoms with Gasteiger partial charge in [-0.1, -0.05) is 91.0 Å². The number of nitrogens with one attached hydrogen (secondary N) is 1. The Hall–Kier alpha value is -4.27. The number of nitrogens with zero attached hydrogens (tertiary/aromatic N) is 2. The summed E-state index contributed by atoms with van der Waals surface area (Å²) in [5.74, 6) is -0.896. The molecule has 3 rings (SSSR count). The van der Waals surface area contributed by atoms with Crippen LogP contribution in [0.3, 0.4) is 0 Å². The fourth-order valence-corrected chi connectivity index (χ4v) is 4.87. The number of hydrogen-bond acceptors (Lipinski definition) is 5. The van der Waals surface area contributed by atoms with Gasteiger partial charge in [-0.05, 0) is 61.6 Å². The SMILES string of the molecule is CN(C(=O)/C=C/CC(C)(C)N)[C@@H](Cc1ccc(-c2ccccc2)cc1)C(=O)N(C)[C@@H](Cc1ccccc1)C(=O)NCCCN. The second kappa shape index (κ2) is 16.5. The molecule has 0 bridgehead atoms. The minimum Gasteiger partial charge on any atom is -0.354 e. The van der Waals surface area contributed by atoms with Crippen molar-refractivity contribution in [2.24, 2.45) is 11.5 Å². The molecule has 234 valence electrons. The molecule has 0 aliphatic rings. The number of benzene rings is 3. The molecule has 0 heterocycles. The van der Waals surface area contributed by atoms with Gasteiger partial charge in [0, 0.05) is 39.0 Å². The average Bonchev–Trinajstić information content (AvgIpc) is 3.02. The average molecular weight is 598 g/mol. The summed E-state index contributed by atoms with van der Waals surface area (Å²) in [6, 6.07) is 26.0. The minimum absolute atomic E-state index is 0.261. The van der Waals surface area contributed by atoms with Crippen LogP contribution in [0.4, 0.5) is 0 Å². The molecule has 8 nitrogen and oxygen atoms in total. The molecule has 0 aliphatic carbocycles. The van der Waals surface area contributed by atoms with Crippen LogP contribution in [0.15, 0.2) is 97.1 Å². The largest absolute Gasteiger partial charge is 0.354 e. The first kappa shape index (κ1) is 34.2. The van der Waals surface area contributed by atoms with Gasteiger partial charge in [0.15, 0.2) is 0 Å². The molecule has 8 heteroatoms. The normalized spacial score (nSPS) is 12.9. The van der Waals surface area contributed by atoms with E-state index in [0.717, 1.165) is 22.3 Å². The maximum absolute atomic E-state index is 14.3. The summed E-state index contributed by atoms with van der Waals surface area (Å²) in [4.78, 5) is 43.9. The molecule has 3 amide bonds. The van der Waals surface area contributed by atoms with Crippen LogP contribution in [0.2, 0.25) is 0 Å². The Morgan fingerprint density at radius 1 is 0.795 bits per heavy atom. The highest BCUT2D eigenvalue weighted by Gasteiger charge is 2.34. The second-order valence-electron chi connectivity index (χ2n) is 11.9. The summed E-state index contributed by atoms with van der Waals surface area (Å²) in [5, 5.41) is 2.93. The van der Waals surface area contributed by atoms with Crippen LogP contribution in [-0.2, 0) is 27.2 Å². The maximum atomic E-state index is 14.3. The third kappa shape index (κ3) is 10.5. The highest BCUT2D eigenvalue weighted by molar-refractivity contribution is 5.95. The zero-order valence-corrected chi connectivity index (χ0v) is 26.4. The molecule has 0 saturated carbocycles. The molecule has 3 aromatic rings. The third-order valence-corrected chi connectivity index (χ3v) is 7.56. The summed E-state index contributed by atoms with van der Waals surface area (Å²) in [6.45, 7) is 4.64. The van der Waals surface area contributed by atoms with E-state index in [9.17, 15) is 14.4 Å². The van der Waals surface area contributed by atoms with Crippen LogP contribution < -0.4 is 16.8 Å². The molecule has 0 aliphatic heterocycles. The lowest BCUT2D eigenvalue weighted by atomic mass is 9.98. The Bertz CT molecular complexity index is 1370. The van der Waals surface area contributed by atoms with Crippen molar-refractivity contribution in [1.82, 2.24) is 15.1 Å². The number of likely N-dealkylation sites (N-methyl/N-ethyl adjacent to an activating group) is 2. The fourth-order valence-electron chi connectivity index (χ4n) is 4.87. The Morgan fingerprint density at radius 2 is 1.34 bits per heavy atom. The minimum atomic E-state index is -0.847. The first-order valence-electron chi connectivity index (χ1n) is 15.1. The van der Waals surface area contributed by atoms with E-state index >= 15 is 0 Å². The third-order valence-electron chi connectivity index (χ3n) is 7.56. The Labute approximate surface area is 262 Å². The molecule has 3 aromatic carbocycles. The zero-order valence-electron chi connectivity index (χ0n) is 26.4. The molecule has 0 aromatic heterocycles. The number of nitrogens with two attached hydrogens (primary N) is 2. The highest BCUT2D eigenvalue weighted by Crippen LogP contribution is 2.21. The second-order valence-corrected chi connectivity index (χ2v) is 11.9. The van der Waals surface area contributed by atoms with E-state index in [1.165, 1.54) is 15.9 Å². The molecule has 0 saturated heterocycles. The zero-order chi connectivity index (χ0) is 32.1. The van der Waals surface area contributed by atoms with E-state index in [1.54, 1.807) is 20.2 Å². The molecule has 0 unspecified atom stereocenters. The van der Waals surface area contributed by atoms with Crippen molar-refractivity contribution < 1.29 is 14.4 Å². The summed E-state index contributed by atoms with van der Waals surface area (Å²) in [6.07, 6.45) is 4.96. The van der Waals surface area contributed by atoms with Crippen molar-refractivity contribution >= 4 is 17.7 Å². The van der Waals surface area contributed by atoms with E-state index in [2.05, 4.69) is 5.32 Å². The molecular weight excluding hydrogens is 550 g/mol. The first-order chi connectivity index (χ1) is 21.0. The van der Waals surface area contributed by atoms with Gasteiger partial charge < -0.3 is 26.6 Å². The van der Waals surface area contributed by atoms with E-state index < -0.39 is 17.6 Å². The summed E-state index contributed by atoms with van der Waals surface area (Å²) in [5.41, 5.74) is 15.2. The Morgan fingerprint density at radius 3 is 1.93 bits per heavy atom. The number of amides is 3. The van der Waals surface area contributed by atoms with Crippen molar-refractivity contribution in [2.45, 2.75) is 57.2 Å². The molecule has 0 spiro atoms. The van der Waals surface area contributed by atoms with Crippen LogP contribution in [0.1, 0.15) is 37.8 Å². The van der Waals surface area contributed by atoms with Gasteiger partial charge >= 0.3 is 0 Å². The predicted octanol–water partition coefficient (Wildman–Crippen LogP) is 3.94. The van der Waals surface area contributed by atoms with Crippen LogP contribution in [0.5, 0.6) is 0 Å². The first-order valence-corrected chi connectivity index (χ1v) is 15.1. The summed E-state index contributed by atoms with van der Waals surface area (Å²) in [7, 11) is 3.26. The molecule has 44 heavy (non-hydrogen) atoms. The van der Waals surface area contributed by atoms with Gasteiger partial charge in [0.2, 0.25) is 17.7 Å². The number of hydrogen-bond donors (Lipinski definition) is 3.